The van der Waals surface area contributed by atoms with Crippen LogP contribution >= 0.6 is 23.2 Å². The first-order chi connectivity index (χ1) is 12.4. The fourth-order valence-electron chi connectivity index (χ4n) is 2.25. The number of hydrogen-bond donors (Lipinski definition) is 1. The van der Waals surface area contributed by atoms with Crippen LogP contribution in [0.25, 0.3) is 6.08 Å². The van der Waals surface area contributed by atoms with Crippen molar-refractivity contribution in [1.82, 2.24) is 0 Å². The average molecular weight is 390 g/mol. The molecule has 26 heavy (non-hydrogen) atoms. The molecule has 0 saturated heterocycles. The minimum Gasteiger partial charge on any atom is -0.319 e. The maximum Gasteiger partial charge on any atom is 0.273 e. The summed E-state index contributed by atoms with van der Waals surface area (Å²) in [5.41, 5.74) is 0.825. The van der Waals surface area contributed by atoms with Crippen LogP contribution in [0, 0.1) is 21.4 Å². The fourth-order valence-corrected chi connectivity index (χ4v) is 2.74. The van der Waals surface area contributed by atoms with Crippen LogP contribution < -0.4 is 5.32 Å². The molecule has 0 aromatic heterocycles. The molecule has 1 amide bonds. The van der Waals surface area contributed by atoms with E-state index >= 15 is 0 Å². The highest BCUT2D eigenvalue weighted by Gasteiger charge is 2.16. The van der Waals surface area contributed by atoms with E-state index in [4.69, 9.17) is 23.2 Å². The summed E-state index contributed by atoms with van der Waals surface area (Å²) in [6, 6.07) is 11.0. The number of anilines is 1. The summed E-state index contributed by atoms with van der Waals surface area (Å²) < 4.78 is 0. The maximum absolute atomic E-state index is 12.3. The fraction of sp³-hybridized carbons (Fsp3) is 0.111. The van der Waals surface area contributed by atoms with Gasteiger partial charge in [0.25, 0.3) is 11.6 Å². The van der Waals surface area contributed by atoms with Crippen molar-refractivity contribution in [2.24, 2.45) is 0 Å². The Morgan fingerprint density at radius 1 is 1.31 bits per heavy atom. The van der Waals surface area contributed by atoms with Crippen molar-refractivity contribution in [3.05, 3.63) is 73.3 Å². The standard InChI is InChI=1S/C18H13Cl2N3O3/c1-2-12-7-6-11(9-16(12)23(25)26)8-13(10-21)18(24)22-17-14(19)4-3-5-15(17)20/h3-9H,2H2,1H3,(H,22,24)/b13-8+. The summed E-state index contributed by atoms with van der Waals surface area (Å²) in [6.07, 6.45) is 1.77. The van der Waals surface area contributed by atoms with E-state index in [0.717, 1.165) is 0 Å². The molecular formula is C18H13Cl2N3O3. The van der Waals surface area contributed by atoms with Gasteiger partial charge in [0.2, 0.25) is 0 Å². The predicted octanol–water partition coefficient (Wildman–Crippen LogP) is 5.01. The molecule has 0 heterocycles. The van der Waals surface area contributed by atoms with E-state index in [1.807, 2.05) is 0 Å². The Labute approximate surface area is 159 Å². The van der Waals surface area contributed by atoms with Crippen LogP contribution in [0.5, 0.6) is 0 Å². The van der Waals surface area contributed by atoms with Gasteiger partial charge in [-0.1, -0.05) is 48.3 Å². The van der Waals surface area contributed by atoms with E-state index in [1.165, 1.54) is 12.1 Å². The van der Waals surface area contributed by atoms with Gasteiger partial charge < -0.3 is 5.32 Å². The molecule has 0 atom stereocenters. The van der Waals surface area contributed by atoms with E-state index in [0.29, 0.717) is 17.5 Å². The van der Waals surface area contributed by atoms with Gasteiger partial charge in [-0.05, 0) is 30.2 Å². The third-order valence-corrected chi connectivity index (χ3v) is 4.19. The number of carbonyl (C=O) groups excluding carboxylic acids is 1. The lowest BCUT2D eigenvalue weighted by Crippen LogP contribution is -2.14. The molecule has 0 aliphatic carbocycles. The van der Waals surface area contributed by atoms with Crippen molar-refractivity contribution in [2.45, 2.75) is 13.3 Å². The van der Waals surface area contributed by atoms with Crippen LogP contribution in [0.2, 0.25) is 10.0 Å². The number of aryl methyl sites for hydroxylation is 1. The normalized spacial score (nSPS) is 10.9. The minimum absolute atomic E-state index is 0.0619. The molecule has 0 aliphatic rings. The van der Waals surface area contributed by atoms with Crippen LogP contribution in [-0.2, 0) is 11.2 Å². The molecule has 0 saturated carbocycles. The third kappa shape index (κ3) is 4.39. The Kier molecular flexibility index (Phi) is 6.34. The summed E-state index contributed by atoms with van der Waals surface area (Å²) in [5.74, 6) is -0.718. The van der Waals surface area contributed by atoms with E-state index in [9.17, 15) is 20.2 Å². The summed E-state index contributed by atoms with van der Waals surface area (Å²) >= 11 is 12.0. The zero-order chi connectivity index (χ0) is 19.3. The molecule has 0 radical (unpaired) electrons. The van der Waals surface area contributed by atoms with Gasteiger partial charge in [-0.15, -0.1) is 0 Å². The third-order valence-electron chi connectivity index (χ3n) is 3.56. The molecule has 2 rings (SSSR count). The van der Waals surface area contributed by atoms with Gasteiger partial charge >= 0.3 is 0 Å². The lowest BCUT2D eigenvalue weighted by Gasteiger charge is -2.08. The first-order valence-electron chi connectivity index (χ1n) is 7.51. The number of carbonyl (C=O) groups is 1. The smallest absolute Gasteiger partial charge is 0.273 e. The second-order valence-electron chi connectivity index (χ2n) is 5.22. The van der Waals surface area contributed by atoms with Crippen LogP contribution in [0.1, 0.15) is 18.1 Å². The number of nitrogens with zero attached hydrogens (tertiary/aromatic N) is 2. The van der Waals surface area contributed by atoms with Gasteiger partial charge in [0.15, 0.2) is 0 Å². The zero-order valence-electron chi connectivity index (χ0n) is 13.6. The average Bonchev–Trinajstić information content (AvgIpc) is 2.62. The Balaban J connectivity index is 2.36. The lowest BCUT2D eigenvalue weighted by atomic mass is 10.0. The quantitative estimate of drug-likeness (QED) is 0.336. The van der Waals surface area contributed by atoms with Gasteiger partial charge in [-0.2, -0.15) is 5.26 Å². The predicted molar refractivity (Wildman–Crippen MR) is 101 cm³/mol. The summed E-state index contributed by atoms with van der Waals surface area (Å²) in [7, 11) is 0. The Morgan fingerprint density at radius 3 is 2.50 bits per heavy atom. The summed E-state index contributed by atoms with van der Waals surface area (Å²) in [6.45, 7) is 1.80. The van der Waals surface area contributed by atoms with E-state index in [1.54, 1.807) is 43.3 Å². The summed E-state index contributed by atoms with van der Waals surface area (Å²) in [4.78, 5) is 23.0. The Hall–Kier alpha value is -2.88. The largest absolute Gasteiger partial charge is 0.319 e. The summed E-state index contributed by atoms with van der Waals surface area (Å²) in [5, 5.41) is 23.4. The molecule has 2 aromatic rings. The van der Waals surface area contributed by atoms with E-state index < -0.39 is 10.8 Å². The van der Waals surface area contributed by atoms with E-state index in [2.05, 4.69) is 5.32 Å². The molecule has 0 unspecified atom stereocenters. The van der Waals surface area contributed by atoms with Crippen molar-refractivity contribution in [3.8, 4) is 6.07 Å². The highest BCUT2D eigenvalue weighted by Crippen LogP contribution is 2.30. The molecular weight excluding hydrogens is 377 g/mol. The Morgan fingerprint density at radius 2 is 1.96 bits per heavy atom. The van der Waals surface area contributed by atoms with Crippen LogP contribution in [0.4, 0.5) is 11.4 Å². The van der Waals surface area contributed by atoms with Gasteiger partial charge in [-0.3, -0.25) is 14.9 Å². The molecule has 1 N–H and O–H groups in total. The molecule has 0 bridgehead atoms. The second-order valence-corrected chi connectivity index (χ2v) is 6.03. The van der Waals surface area contributed by atoms with Crippen LogP contribution in [0.15, 0.2) is 42.0 Å². The monoisotopic (exact) mass is 389 g/mol. The van der Waals surface area contributed by atoms with Crippen LogP contribution in [-0.4, -0.2) is 10.8 Å². The van der Waals surface area contributed by atoms with Gasteiger partial charge in [0, 0.05) is 11.6 Å². The van der Waals surface area contributed by atoms with Gasteiger partial charge in [-0.25, -0.2) is 0 Å². The minimum atomic E-state index is -0.718. The second kappa shape index (κ2) is 8.48. The number of amides is 1. The lowest BCUT2D eigenvalue weighted by molar-refractivity contribution is -0.385. The van der Waals surface area contributed by atoms with Gasteiger partial charge in [0.05, 0.1) is 20.7 Å². The van der Waals surface area contributed by atoms with Crippen molar-refractivity contribution in [2.75, 3.05) is 5.32 Å². The number of nitrogens with one attached hydrogen (secondary N) is 1. The molecule has 0 fully saturated rings. The zero-order valence-corrected chi connectivity index (χ0v) is 15.1. The molecule has 2 aromatic carbocycles. The van der Waals surface area contributed by atoms with Crippen molar-refractivity contribution in [1.29, 1.82) is 5.26 Å². The van der Waals surface area contributed by atoms with Crippen molar-refractivity contribution >= 4 is 46.6 Å². The number of nitriles is 1. The number of halogens is 2. The number of hydrogen-bond acceptors (Lipinski definition) is 4. The van der Waals surface area contributed by atoms with Crippen molar-refractivity contribution in [3.63, 3.8) is 0 Å². The number of nitro benzene ring substituents is 1. The van der Waals surface area contributed by atoms with E-state index in [-0.39, 0.29) is 27.0 Å². The maximum atomic E-state index is 12.3. The van der Waals surface area contributed by atoms with Crippen LogP contribution in [0.3, 0.4) is 0 Å². The highest BCUT2D eigenvalue weighted by molar-refractivity contribution is 6.40. The first kappa shape index (κ1) is 19.4. The highest BCUT2D eigenvalue weighted by atomic mass is 35.5. The molecule has 6 nitrogen and oxygen atoms in total. The SMILES string of the molecule is CCc1ccc(/C=C(\C#N)C(=O)Nc2c(Cl)cccc2Cl)cc1[N+](=O)[O-]. The molecule has 0 aliphatic heterocycles. The number of benzene rings is 2. The Bertz CT molecular complexity index is 929. The first-order valence-corrected chi connectivity index (χ1v) is 8.27. The molecule has 132 valence electrons. The number of para-hydroxylation sites is 1. The number of rotatable bonds is 5. The molecule has 0 spiro atoms. The van der Waals surface area contributed by atoms with Gasteiger partial charge in [0.1, 0.15) is 11.6 Å². The molecule has 8 heteroatoms. The number of nitro groups is 1. The van der Waals surface area contributed by atoms with Crippen molar-refractivity contribution < 1.29 is 9.72 Å². The topological polar surface area (TPSA) is 96.0 Å².